The van der Waals surface area contributed by atoms with Crippen molar-refractivity contribution in [1.29, 1.82) is 0 Å². The Morgan fingerprint density at radius 2 is 2.40 bits per heavy atom. The van der Waals surface area contributed by atoms with E-state index in [4.69, 9.17) is 5.11 Å². The molecule has 0 aliphatic carbocycles. The van der Waals surface area contributed by atoms with Gasteiger partial charge in [-0.05, 0) is 6.92 Å². The third kappa shape index (κ3) is 6.75. The molecule has 0 bridgehead atoms. The van der Waals surface area contributed by atoms with E-state index in [1.54, 1.807) is 0 Å². The second kappa shape index (κ2) is 4.61. The van der Waals surface area contributed by atoms with Gasteiger partial charge in [0.2, 0.25) is 0 Å². The van der Waals surface area contributed by atoms with E-state index in [1.807, 2.05) is 6.92 Å². The van der Waals surface area contributed by atoms with Gasteiger partial charge in [-0.25, -0.2) is 4.79 Å². The Labute approximate surface area is 60.1 Å². The second-order valence-corrected chi connectivity index (χ2v) is 2.01. The first-order valence-electron chi connectivity index (χ1n) is 2.90. The lowest BCUT2D eigenvalue weighted by Gasteiger charge is -1.95. The lowest BCUT2D eigenvalue weighted by atomic mass is 10.3. The first-order valence-corrected chi connectivity index (χ1v) is 2.90. The highest BCUT2D eigenvalue weighted by molar-refractivity contribution is 5.79. The van der Waals surface area contributed by atoms with Gasteiger partial charge in [0.1, 0.15) is 0 Å². The Morgan fingerprint density at radius 3 is 2.80 bits per heavy atom. The number of hydrogen-bond acceptors (Lipinski definition) is 2. The molecule has 2 N–H and O–H groups in total. The molecule has 0 aliphatic heterocycles. The number of aliphatic carboxylic acids is 1. The smallest absolute Gasteiger partial charge is 0.329 e. The van der Waals surface area contributed by atoms with Crippen molar-refractivity contribution in [2.75, 3.05) is 6.54 Å². The summed E-state index contributed by atoms with van der Waals surface area (Å²) >= 11 is 0. The molecule has 0 rings (SSSR count). The summed E-state index contributed by atoms with van der Waals surface area (Å²) in [5.74, 6) is -0.950. The van der Waals surface area contributed by atoms with Crippen molar-refractivity contribution in [1.82, 2.24) is 5.32 Å². The van der Waals surface area contributed by atoms with Crippen LogP contribution in [0.3, 0.4) is 0 Å². The fourth-order valence-electron chi connectivity index (χ4n) is 0.363. The highest BCUT2D eigenvalue weighted by Crippen LogP contribution is 1.80. The van der Waals surface area contributed by atoms with Crippen LogP contribution in [-0.4, -0.2) is 17.6 Å². The van der Waals surface area contributed by atoms with E-state index < -0.39 is 5.97 Å². The van der Waals surface area contributed by atoms with Crippen molar-refractivity contribution < 1.29 is 9.90 Å². The van der Waals surface area contributed by atoms with Gasteiger partial charge in [-0.1, -0.05) is 12.2 Å². The molecule has 0 fully saturated rings. The van der Waals surface area contributed by atoms with Gasteiger partial charge >= 0.3 is 5.97 Å². The van der Waals surface area contributed by atoms with E-state index in [0.29, 0.717) is 6.54 Å². The van der Waals surface area contributed by atoms with E-state index in [1.165, 1.54) is 6.20 Å². The number of carboxylic acids is 1. The maximum atomic E-state index is 9.89. The minimum Gasteiger partial charge on any atom is -0.478 e. The van der Waals surface area contributed by atoms with Crippen LogP contribution in [0.1, 0.15) is 6.92 Å². The average Bonchev–Trinajstić information content (AvgIpc) is 1.79. The van der Waals surface area contributed by atoms with Crippen molar-refractivity contribution in [2.45, 2.75) is 6.92 Å². The van der Waals surface area contributed by atoms with Crippen LogP contribution in [0.2, 0.25) is 0 Å². The summed E-state index contributed by atoms with van der Waals surface area (Å²) in [6, 6.07) is 0. The molecule has 0 amide bonds. The molecule has 0 radical (unpaired) electrons. The molecular formula is C7H11NO2. The molecule has 0 saturated heterocycles. The van der Waals surface area contributed by atoms with E-state index in [2.05, 4.69) is 11.9 Å². The summed E-state index contributed by atoms with van der Waals surface area (Å²) in [5, 5.41) is 10.9. The van der Waals surface area contributed by atoms with Crippen molar-refractivity contribution in [3.63, 3.8) is 0 Å². The van der Waals surface area contributed by atoms with Crippen LogP contribution in [-0.2, 0) is 4.79 Å². The zero-order chi connectivity index (χ0) is 7.98. The molecule has 10 heavy (non-hydrogen) atoms. The molecule has 0 atom stereocenters. The molecule has 0 unspecified atom stereocenters. The highest BCUT2D eigenvalue weighted by atomic mass is 16.4. The monoisotopic (exact) mass is 141 g/mol. The predicted molar refractivity (Wildman–Crippen MR) is 39.6 cm³/mol. The first kappa shape index (κ1) is 8.75. The van der Waals surface area contributed by atoms with Crippen LogP contribution < -0.4 is 5.32 Å². The average molecular weight is 141 g/mol. The summed E-state index contributed by atoms with van der Waals surface area (Å²) in [5.41, 5.74) is 0.968. The number of carboxylic acid groups (broad SMARTS) is 1. The van der Waals surface area contributed by atoms with Gasteiger partial charge in [-0.15, -0.1) is 0 Å². The van der Waals surface area contributed by atoms with E-state index in [0.717, 1.165) is 11.6 Å². The molecule has 3 heteroatoms. The van der Waals surface area contributed by atoms with Crippen molar-refractivity contribution in [3.8, 4) is 0 Å². The summed E-state index contributed by atoms with van der Waals surface area (Å²) in [6.07, 6.45) is 2.43. The van der Waals surface area contributed by atoms with Gasteiger partial charge in [0.15, 0.2) is 0 Å². The Kier molecular flexibility index (Phi) is 4.04. The zero-order valence-corrected chi connectivity index (χ0v) is 5.92. The van der Waals surface area contributed by atoms with E-state index in [-0.39, 0.29) is 0 Å². The predicted octanol–water partition coefficient (Wildman–Crippen LogP) is 0.750. The number of rotatable bonds is 4. The largest absolute Gasteiger partial charge is 0.478 e. The summed E-state index contributed by atoms with van der Waals surface area (Å²) < 4.78 is 0. The van der Waals surface area contributed by atoms with Crippen LogP contribution >= 0.6 is 0 Å². The fraction of sp³-hybridized carbons (Fsp3) is 0.286. The van der Waals surface area contributed by atoms with Gasteiger partial charge < -0.3 is 10.4 Å². The summed E-state index contributed by atoms with van der Waals surface area (Å²) in [7, 11) is 0. The molecule has 0 spiro atoms. The van der Waals surface area contributed by atoms with Crippen molar-refractivity contribution >= 4 is 5.97 Å². The molecule has 0 aromatic carbocycles. The number of carbonyl (C=O) groups is 1. The number of hydrogen-bond donors (Lipinski definition) is 2. The van der Waals surface area contributed by atoms with Crippen LogP contribution in [0, 0.1) is 0 Å². The minimum absolute atomic E-state index is 0.615. The normalized spacial score (nSPS) is 9.70. The van der Waals surface area contributed by atoms with Gasteiger partial charge in [-0.2, -0.15) is 0 Å². The fourth-order valence-corrected chi connectivity index (χ4v) is 0.363. The molecule has 3 nitrogen and oxygen atoms in total. The Morgan fingerprint density at radius 1 is 1.80 bits per heavy atom. The molecular weight excluding hydrogens is 130 g/mol. The van der Waals surface area contributed by atoms with Crippen molar-refractivity contribution in [3.05, 3.63) is 24.4 Å². The minimum atomic E-state index is -0.950. The molecule has 0 aromatic rings. The quantitative estimate of drug-likeness (QED) is 0.448. The first-order chi connectivity index (χ1) is 4.63. The second-order valence-electron chi connectivity index (χ2n) is 2.01. The standard InChI is InChI=1S/C7H11NO2/c1-6(2)5-8-4-3-7(9)10/h3-4,8H,1,5H2,2H3,(H,9,10)/b4-3+. The van der Waals surface area contributed by atoms with Crippen LogP contribution in [0.5, 0.6) is 0 Å². The third-order valence-corrected chi connectivity index (χ3v) is 0.748. The highest BCUT2D eigenvalue weighted by Gasteiger charge is 1.83. The zero-order valence-electron chi connectivity index (χ0n) is 5.92. The SMILES string of the molecule is C=C(C)CN/C=C/C(=O)O. The lowest BCUT2D eigenvalue weighted by Crippen LogP contribution is -2.07. The summed E-state index contributed by atoms with van der Waals surface area (Å²) in [6.45, 7) is 6.11. The van der Waals surface area contributed by atoms with Crippen LogP contribution in [0.4, 0.5) is 0 Å². The molecule has 56 valence electrons. The van der Waals surface area contributed by atoms with Crippen molar-refractivity contribution in [2.24, 2.45) is 0 Å². The topological polar surface area (TPSA) is 49.3 Å². The third-order valence-electron chi connectivity index (χ3n) is 0.748. The molecule has 0 aromatic heterocycles. The Bertz CT molecular complexity index is 161. The van der Waals surface area contributed by atoms with Crippen LogP contribution in [0.15, 0.2) is 24.4 Å². The van der Waals surface area contributed by atoms with Gasteiger partial charge in [0.05, 0.1) is 0 Å². The maximum absolute atomic E-state index is 9.89. The Balaban J connectivity index is 3.36. The summed E-state index contributed by atoms with van der Waals surface area (Å²) in [4.78, 5) is 9.89. The lowest BCUT2D eigenvalue weighted by molar-refractivity contribution is -0.131. The Hall–Kier alpha value is -1.25. The molecule has 0 saturated carbocycles. The van der Waals surface area contributed by atoms with E-state index >= 15 is 0 Å². The van der Waals surface area contributed by atoms with Crippen LogP contribution in [0.25, 0.3) is 0 Å². The van der Waals surface area contributed by atoms with E-state index in [9.17, 15) is 4.79 Å². The molecule has 0 aliphatic rings. The van der Waals surface area contributed by atoms with Gasteiger partial charge in [-0.3, -0.25) is 0 Å². The maximum Gasteiger partial charge on any atom is 0.329 e. The van der Waals surface area contributed by atoms with Gasteiger partial charge in [0, 0.05) is 18.8 Å². The number of nitrogens with one attached hydrogen (secondary N) is 1. The molecule has 0 heterocycles. The van der Waals surface area contributed by atoms with Gasteiger partial charge in [0.25, 0.3) is 0 Å².